The Morgan fingerprint density at radius 3 is 2.56 bits per heavy atom. The molecule has 0 unspecified atom stereocenters. The van der Waals surface area contributed by atoms with E-state index in [0.717, 1.165) is 47.9 Å². The van der Waals surface area contributed by atoms with Crippen LogP contribution in [0.4, 0.5) is 13.2 Å². The number of carbonyl (C=O) groups is 1. The van der Waals surface area contributed by atoms with Gasteiger partial charge in [-0.2, -0.15) is 13.2 Å². The van der Waals surface area contributed by atoms with E-state index in [2.05, 4.69) is 15.3 Å². The lowest BCUT2D eigenvalue weighted by molar-refractivity contribution is -0.165. The maximum Gasteiger partial charge on any atom is 0.416 e. The lowest BCUT2D eigenvalue weighted by atomic mass is 9.67. The second-order valence-corrected chi connectivity index (χ2v) is 10.7. The molecule has 0 radical (unpaired) electrons. The van der Waals surface area contributed by atoms with Crippen LogP contribution in [-0.4, -0.2) is 49.0 Å². The van der Waals surface area contributed by atoms with Gasteiger partial charge in [-0.3, -0.25) is 9.78 Å². The Bertz CT molecular complexity index is 1520. The first-order valence-electron chi connectivity index (χ1n) is 13.1. The molecule has 2 fully saturated rings. The SMILES string of the molecule is O=C(N1CC(O)(c2cn(Cc3ccc4ncccc4c3)nn2)C1)C1(c2cccc(C(F)(F)F)c2)CCCCC1. The third-order valence-electron chi connectivity index (χ3n) is 8.08. The van der Waals surface area contributed by atoms with E-state index < -0.39 is 22.8 Å². The quantitative estimate of drug-likeness (QED) is 0.396. The summed E-state index contributed by atoms with van der Waals surface area (Å²) in [6.07, 6.45) is 2.38. The van der Waals surface area contributed by atoms with Gasteiger partial charge in [0.25, 0.3) is 0 Å². The summed E-state index contributed by atoms with van der Waals surface area (Å²) < 4.78 is 42.0. The molecule has 39 heavy (non-hydrogen) atoms. The van der Waals surface area contributed by atoms with Crippen LogP contribution in [0.2, 0.25) is 0 Å². The van der Waals surface area contributed by atoms with Gasteiger partial charge in [-0.05, 0) is 48.2 Å². The second kappa shape index (κ2) is 9.44. The summed E-state index contributed by atoms with van der Waals surface area (Å²) in [6.45, 7) is 0.495. The number of aromatic nitrogens is 4. The van der Waals surface area contributed by atoms with Crippen LogP contribution in [0.3, 0.4) is 0 Å². The zero-order valence-corrected chi connectivity index (χ0v) is 21.2. The highest BCUT2D eigenvalue weighted by molar-refractivity contribution is 5.89. The molecular weight excluding hydrogens is 507 g/mol. The maximum absolute atomic E-state index is 13.8. The van der Waals surface area contributed by atoms with Crippen molar-refractivity contribution in [3.8, 4) is 0 Å². The lowest BCUT2D eigenvalue weighted by Crippen LogP contribution is -2.65. The van der Waals surface area contributed by atoms with Gasteiger partial charge in [-0.15, -0.1) is 5.10 Å². The predicted molar refractivity (Wildman–Crippen MR) is 138 cm³/mol. The number of hydrogen-bond acceptors (Lipinski definition) is 5. The highest BCUT2D eigenvalue weighted by Gasteiger charge is 2.53. The Morgan fingerprint density at radius 1 is 1.00 bits per heavy atom. The fraction of sp³-hybridized carbons (Fsp3) is 0.379. The molecule has 3 heterocycles. The summed E-state index contributed by atoms with van der Waals surface area (Å²) in [5, 5.41) is 20.6. The number of amides is 1. The molecule has 6 rings (SSSR count). The standard InChI is InChI=1S/C29H28F3N5O2/c30-29(31,32)23-8-4-7-22(15-23)27(11-2-1-3-12-27)26(38)36-18-28(39,19-36)25-17-37(35-34-25)16-20-9-10-24-21(14-20)6-5-13-33-24/h4-10,13-15,17,39H,1-3,11-12,16,18-19H2. The van der Waals surface area contributed by atoms with Crippen molar-refractivity contribution in [3.05, 3.63) is 89.4 Å². The van der Waals surface area contributed by atoms with Crippen LogP contribution >= 0.6 is 0 Å². The molecule has 2 aromatic carbocycles. The Balaban J connectivity index is 1.19. The average Bonchev–Trinajstić information content (AvgIpc) is 3.40. The molecule has 4 aromatic rings. The second-order valence-electron chi connectivity index (χ2n) is 10.7. The van der Waals surface area contributed by atoms with Gasteiger partial charge in [-0.25, -0.2) is 4.68 Å². The minimum atomic E-state index is -4.48. The fourth-order valence-electron chi connectivity index (χ4n) is 5.97. The van der Waals surface area contributed by atoms with E-state index in [0.29, 0.717) is 30.6 Å². The van der Waals surface area contributed by atoms with E-state index >= 15 is 0 Å². The summed E-state index contributed by atoms with van der Waals surface area (Å²) in [4.78, 5) is 19.7. The third kappa shape index (κ3) is 4.67. The highest BCUT2D eigenvalue weighted by atomic mass is 19.4. The van der Waals surface area contributed by atoms with E-state index in [9.17, 15) is 23.1 Å². The average molecular weight is 536 g/mol. The number of carbonyl (C=O) groups excluding carboxylic acids is 1. The largest absolute Gasteiger partial charge is 0.416 e. The van der Waals surface area contributed by atoms with Gasteiger partial charge in [0, 0.05) is 11.6 Å². The smallest absolute Gasteiger partial charge is 0.380 e. The molecule has 0 spiro atoms. The molecule has 2 aromatic heterocycles. The first-order valence-corrected chi connectivity index (χ1v) is 13.1. The van der Waals surface area contributed by atoms with Crippen LogP contribution < -0.4 is 0 Å². The van der Waals surface area contributed by atoms with Crippen molar-refractivity contribution in [2.24, 2.45) is 0 Å². The van der Waals surface area contributed by atoms with Gasteiger partial charge in [0.05, 0.1) is 42.3 Å². The normalized spacial score (nSPS) is 18.6. The summed E-state index contributed by atoms with van der Waals surface area (Å²) in [7, 11) is 0. The van der Waals surface area contributed by atoms with Gasteiger partial charge in [0.2, 0.25) is 5.91 Å². The summed E-state index contributed by atoms with van der Waals surface area (Å²) >= 11 is 0. The molecule has 1 aliphatic heterocycles. The molecular formula is C29H28F3N5O2. The summed E-state index contributed by atoms with van der Waals surface area (Å²) in [6, 6.07) is 14.9. The van der Waals surface area contributed by atoms with E-state index in [1.807, 2.05) is 30.3 Å². The number of alkyl halides is 3. The fourth-order valence-corrected chi connectivity index (χ4v) is 5.97. The molecule has 1 saturated carbocycles. The first-order chi connectivity index (χ1) is 18.7. The van der Waals surface area contributed by atoms with Crippen LogP contribution in [0.25, 0.3) is 10.9 Å². The number of benzene rings is 2. The Hall–Kier alpha value is -3.79. The third-order valence-corrected chi connectivity index (χ3v) is 8.08. The minimum absolute atomic E-state index is 0.0207. The van der Waals surface area contributed by atoms with Crippen LogP contribution in [0.15, 0.2) is 67.0 Å². The van der Waals surface area contributed by atoms with Crippen LogP contribution in [0.5, 0.6) is 0 Å². The molecule has 1 aliphatic carbocycles. The Morgan fingerprint density at radius 2 is 1.79 bits per heavy atom. The maximum atomic E-state index is 13.8. The molecule has 0 atom stereocenters. The van der Waals surface area contributed by atoms with Crippen LogP contribution in [0.1, 0.15) is 54.5 Å². The lowest BCUT2D eigenvalue weighted by Gasteiger charge is -2.50. The summed E-state index contributed by atoms with van der Waals surface area (Å²) in [5.41, 5.74) is -0.467. The molecule has 10 heteroatoms. The Kier molecular flexibility index (Phi) is 6.17. The number of nitrogens with zero attached hydrogens (tertiary/aromatic N) is 5. The van der Waals surface area contributed by atoms with Crippen molar-refractivity contribution in [3.63, 3.8) is 0 Å². The number of halogens is 3. The molecule has 1 amide bonds. The molecule has 7 nitrogen and oxygen atoms in total. The number of likely N-dealkylation sites (tertiary alicyclic amines) is 1. The van der Waals surface area contributed by atoms with Crippen LogP contribution in [0, 0.1) is 0 Å². The molecule has 1 N–H and O–H groups in total. The van der Waals surface area contributed by atoms with Gasteiger partial charge < -0.3 is 10.0 Å². The van der Waals surface area contributed by atoms with Gasteiger partial charge >= 0.3 is 6.18 Å². The molecule has 0 bridgehead atoms. The van der Waals surface area contributed by atoms with E-state index in [-0.39, 0.29) is 19.0 Å². The monoisotopic (exact) mass is 535 g/mol. The minimum Gasteiger partial charge on any atom is -0.380 e. The zero-order valence-electron chi connectivity index (χ0n) is 21.2. The predicted octanol–water partition coefficient (Wildman–Crippen LogP) is 4.83. The number of pyridine rings is 1. The van der Waals surface area contributed by atoms with E-state index in [1.165, 1.54) is 6.07 Å². The van der Waals surface area contributed by atoms with Crippen molar-refractivity contribution in [1.82, 2.24) is 24.9 Å². The van der Waals surface area contributed by atoms with E-state index in [4.69, 9.17) is 0 Å². The summed E-state index contributed by atoms with van der Waals surface area (Å²) in [5.74, 6) is -0.233. The van der Waals surface area contributed by atoms with Crippen molar-refractivity contribution in [1.29, 1.82) is 0 Å². The number of fused-ring (bicyclic) bond motifs is 1. The molecule has 1 saturated heterocycles. The van der Waals surface area contributed by atoms with Crippen molar-refractivity contribution in [2.75, 3.05) is 13.1 Å². The number of hydrogen-bond donors (Lipinski definition) is 1. The Labute approximate surface area is 223 Å². The van der Waals surface area contributed by atoms with Crippen molar-refractivity contribution < 1.29 is 23.1 Å². The molecule has 2 aliphatic rings. The number of aliphatic hydroxyl groups is 1. The van der Waals surface area contributed by atoms with Crippen molar-refractivity contribution in [2.45, 2.75) is 55.8 Å². The van der Waals surface area contributed by atoms with Gasteiger partial charge in [-0.1, -0.05) is 54.8 Å². The van der Waals surface area contributed by atoms with Gasteiger partial charge in [0.15, 0.2) is 0 Å². The first kappa shape index (κ1) is 25.5. The topological polar surface area (TPSA) is 84.1 Å². The van der Waals surface area contributed by atoms with Crippen molar-refractivity contribution >= 4 is 16.8 Å². The van der Waals surface area contributed by atoms with Gasteiger partial charge in [0.1, 0.15) is 11.3 Å². The number of rotatable bonds is 5. The highest BCUT2D eigenvalue weighted by Crippen LogP contribution is 2.45. The number of β-amino-alcohol motifs (C(OH)–C–C–N with tert-alkyl or cyclic N) is 1. The zero-order chi connectivity index (χ0) is 27.3. The van der Waals surface area contributed by atoms with Crippen LogP contribution in [-0.2, 0) is 28.5 Å². The molecule has 202 valence electrons. The van der Waals surface area contributed by atoms with E-state index in [1.54, 1.807) is 28.0 Å².